The summed E-state index contributed by atoms with van der Waals surface area (Å²) in [5.41, 5.74) is 0.918. The Bertz CT molecular complexity index is 725. The molecule has 0 amide bonds. The molecule has 2 fully saturated rings. The molecule has 0 spiro atoms. The van der Waals surface area contributed by atoms with E-state index in [-0.39, 0.29) is 5.82 Å². The van der Waals surface area contributed by atoms with Gasteiger partial charge in [0.1, 0.15) is 11.6 Å². The summed E-state index contributed by atoms with van der Waals surface area (Å²) in [6, 6.07) is 3.58. The van der Waals surface area contributed by atoms with Crippen molar-refractivity contribution in [2.24, 2.45) is 0 Å². The molecular weight excluding hydrogens is 331 g/mol. The van der Waals surface area contributed by atoms with Crippen LogP contribution in [0.3, 0.4) is 0 Å². The molecule has 0 N–H and O–H groups in total. The van der Waals surface area contributed by atoms with Gasteiger partial charge in [-0.05, 0) is 37.0 Å². The van der Waals surface area contributed by atoms with Crippen molar-refractivity contribution in [1.82, 2.24) is 19.9 Å². The first-order valence-corrected chi connectivity index (χ1v) is 9.43. The topological polar surface area (TPSA) is 48.4 Å². The first kappa shape index (κ1) is 17.1. The van der Waals surface area contributed by atoms with Crippen LogP contribution in [0.25, 0.3) is 0 Å². The number of rotatable bonds is 4. The second-order valence-electron chi connectivity index (χ2n) is 7.04. The summed E-state index contributed by atoms with van der Waals surface area (Å²) in [6.07, 6.45) is 8.66. The zero-order valence-electron chi connectivity index (χ0n) is 15.0. The Morgan fingerprint density at radius 2 is 1.73 bits per heavy atom. The summed E-state index contributed by atoms with van der Waals surface area (Å²) >= 11 is 0. The van der Waals surface area contributed by atoms with Gasteiger partial charge in [0.05, 0.1) is 6.20 Å². The van der Waals surface area contributed by atoms with Crippen LogP contribution in [0.4, 0.5) is 16.2 Å². The Hall–Kier alpha value is -2.28. The molecule has 0 aliphatic carbocycles. The minimum Gasteiger partial charge on any atom is -0.356 e. The van der Waals surface area contributed by atoms with Crippen molar-refractivity contribution in [3.63, 3.8) is 0 Å². The average molecular weight is 356 g/mol. The first-order chi connectivity index (χ1) is 12.8. The quantitative estimate of drug-likeness (QED) is 0.838. The third-order valence-electron chi connectivity index (χ3n) is 5.13. The van der Waals surface area contributed by atoms with E-state index in [2.05, 4.69) is 24.7 Å². The third kappa shape index (κ3) is 4.09. The highest BCUT2D eigenvalue weighted by Crippen LogP contribution is 2.20. The highest BCUT2D eigenvalue weighted by molar-refractivity contribution is 5.44. The minimum absolute atomic E-state index is 0.274. The molecule has 7 heteroatoms. The molecule has 0 radical (unpaired) electrons. The summed E-state index contributed by atoms with van der Waals surface area (Å²) < 4.78 is 13.3. The van der Waals surface area contributed by atoms with E-state index in [1.807, 2.05) is 12.3 Å². The molecule has 0 atom stereocenters. The number of pyridine rings is 1. The van der Waals surface area contributed by atoms with Crippen molar-refractivity contribution in [3.05, 3.63) is 42.1 Å². The highest BCUT2D eigenvalue weighted by Gasteiger charge is 2.20. The van der Waals surface area contributed by atoms with E-state index in [9.17, 15) is 4.39 Å². The molecule has 0 aromatic carbocycles. The Morgan fingerprint density at radius 3 is 2.50 bits per heavy atom. The van der Waals surface area contributed by atoms with Gasteiger partial charge in [0.25, 0.3) is 0 Å². The van der Waals surface area contributed by atoms with E-state index in [0.29, 0.717) is 0 Å². The summed E-state index contributed by atoms with van der Waals surface area (Å²) in [5, 5.41) is 0. The molecule has 2 aromatic heterocycles. The monoisotopic (exact) mass is 356 g/mol. The van der Waals surface area contributed by atoms with Crippen molar-refractivity contribution < 1.29 is 4.39 Å². The van der Waals surface area contributed by atoms with Gasteiger partial charge in [-0.3, -0.25) is 9.88 Å². The molecule has 6 nitrogen and oxygen atoms in total. The molecule has 0 bridgehead atoms. The molecule has 2 aliphatic heterocycles. The smallest absolute Gasteiger partial charge is 0.227 e. The lowest BCUT2D eigenvalue weighted by atomic mass is 10.1. The van der Waals surface area contributed by atoms with Crippen LogP contribution < -0.4 is 9.80 Å². The van der Waals surface area contributed by atoms with Gasteiger partial charge in [-0.2, -0.15) is 4.98 Å². The fourth-order valence-corrected chi connectivity index (χ4v) is 3.70. The Labute approximate surface area is 153 Å². The van der Waals surface area contributed by atoms with Gasteiger partial charge in [0.15, 0.2) is 0 Å². The van der Waals surface area contributed by atoms with Gasteiger partial charge < -0.3 is 9.80 Å². The van der Waals surface area contributed by atoms with Crippen molar-refractivity contribution in [2.75, 3.05) is 49.1 Å². The van der Waals surface area contributed by atoms with Gasteiger partial charge in [-0.25, -0.2) is 9.37 Å². The largest absolute Gasteiger partial charge is 0.356 e. The first-order valence-electron chi connectivity index (χ1n) is 9.43. The van der Waals surface area contributed by atoms with Crippen LogP contribution in [-0.2, 0) is 6.54 Å². The van der Waals surface area contributed by atoms with Crippen LogP contribution in [0.5, 0.6) is 0 Å². The molecule has 0 saturated carbocycles. The number of piperidine rings is 1. The maximum Gasteiger partial charge on any atom is 0.227 e. The zero-order chi connectivity index (χ0) is 17.8. The Balaban J connectivity index is 1.35. The summed E-state index contributed by atoms with van der Waals surface area (Å²) in [4.78, 5) is 20.1. The number of halogens is 1. The summed E-state index contributed by atoms with van der Waals surface area (Å²) in [7, 11) is 0. The van der Waals surface area contributed by atoms with Crippen molar-refractivity contribution in [1.29, 1.82) is 0 Å². The van der Waals surface area contributed by atoms with Crippen LogP contribution in [0, 0.1) is 5.82 Å². The maximum atomic E-state index is 13.3. The lowest BCUT2D eigenvalue weighted by molar-refractivity contribution is 0.248. The van der Waals surface area contributed by atoms with E-state index >= 15 is 0 Å². The standard InChI is InChI=1S/C19H25FN6/c20-17-12-16(13-21-14-17)15-24-8-10-26(11-9-24)19-22-5-4-18(23-19)25-6-2-1-3-7-25/h4-5,12-14H,1-3,6-11,15H2. The number of piperazine rings is 1. The van der Waals surface area contributed by atoms with Gasteiger partial charge >= 0.3 is 0 Å². The van der Waals surface area contributed by atoms with E-state index in [1.54, 1.807) is 12.3 Å². The fourth-order valence-electron chi connectivity index (χ4n) is 3.70. The van der Waals surface area contributed by atoms with Gasteiger partial charge in [-0.1, -0.05) is 0 Å². The summed E-state index contributed by atoms with van der Waals surface area (Å²) in [6.45, 7) is 6.49. The minimum atomic E-state index is -0.274. The normalized spacial score (nSPS) is 19.0. The molecule has 2 saturated heterocycles. The van der Waals surface area contributed by atoms with Crippen molar-refractivity contribution in [2.45, 2.75) is 25.8 Å². The van der Waals surface area contributed by atoms with Crippen LogP contribution in [0.2, 0.25) is 0 Å². The fraction of sp³-hybridized carbons (Fsp3) is 0.526. The molecule has 0 unspecified atom stereocenters. The molecular formula is C19H25FN6. The molecule has 138 valence electrons. The number of hydrogen-bond donors (Lipinski definition) is 0. The predicted octanol–water partition coefficient (Wildman–Crippen LogP) is 2.32. The molecule has 2 aromatic rings. The van der Waals surface area contributed by atoms with Crippen LogP contribution in [0.15, 0.2) is 30.7 Å². The van der Waals surface area contributed by atoms with Gasteiger partial charge in [0, 0.05) is 58.2 Å². The lowest BCUT2D eigenvalue weighted by Gasteiger charge is -2.35. The molecule has 4 rings (SSSR count). The van der Waals surface area contributed by atoms with E-state index in [0.717, 1.165) is 63.1 Å². The SMILES string of the molecule is Fc1cncc(CN2CCN(c3nccc(N4CCCCC4)n3)CC2)c1. The molecule has 4 heterocycles. The highest BCUT2D eigenvalue weighted by atomic mass is 19.1. The van der Waals surface area contributed by atoms with Gasteiger partial charge in [-0.15, -0.1) is 0 Å². The zero-order valence-corrected chi connectivity index (χ0v) is 15.0. The second-order valence-corrected chi connectivity index (χ2v) is 7.04. The number of anilines is 2. The molecule has 26 heavy (non-hydrogen) atoms. The number of hydrogen-bond acceptors (Lipinski definition) is 6. The van der Waals surface area contributed by atoms with Crippen LogP contribution in [0.1, 0.15) is 24.8 Å². The van der Waals surface area contributed by atoms with E-state index < -0.39 is 0 Å². The molecule has 2 aliphatic rings. The van der Waals surface area contributed by atoms with Gasteiger partial charge in [0.2, 0.25) is 5.95 Å². The van der Waals surface area contributed by atoms with Crippen LogP contribution in [-0.4, -0.2) is 59.1 Å². The Kier molecular flexibility index (Phi) is 5.24. The van der Waals surface area contributed by atoms with Crippen molar-refractivity contribution in [3.8, 4) is 0 Å². The average Bonchev–Trinajstić information content (AvgIpc) is 2.69. The Morgan fingerprint density at radius 1 is 0.923 bits per heavy atom. The lowest BCUT2D eigenvalue weighted by Crippen LogP contribution is -2.46. The predicted molar refractivity (Wildman–Crippen MR) is 99.8 cm³/mol. The summed E-state index contributed by atoms with van der Waals surface area (Å²) in [5.74, 6) is 1.59. The second kappa shape index (κ2) is 7.95. The maximum absolute atomic E-state index is 13.3. The van der Waals surface area contributed by atoms with Crippen molar-refractivity contribution >= 4 is 11.8 Å². The third-order valence-corrected chi connectivity index (χ3v) is 5.13. The van der Waals surface area contributed by atoms with E-state index in [4.69, 9.17) is 4.98 Å². The van der Waals surface area contributed by atoms with E-state index in [1.165, 1.54) is 25.5 Å². The number of nitrogens with zero attached hydrogens (tertiary/aromatic N) is 6. The van der Waals surface area contributed by atoms with Crippen LogP contribution >= 0.6 is 0 Å². The number of aromatic nitrogens is 3.